The summed E-state index contributed by atoms with van der Waals surface area (Å²) in [5.74, 6) is 0.688. The molecule has 1 aliphatic rings. The highest BCUT2D eigenvalue weighted by atomic mass is 16.3. The first-order valence-electron chi connectivity index (χ1n) is 5.19. The van der Waals surface area contributed by atoms with Gasteiger partial charge in [-0.3, -0.25) is 0 Å². The minimum absolute atomic E-state index is 0.243. The number of nitrogens with zero attached hydrogens (tertiary/aromatic N) is 1. The van der Waals surface area contributed by atoms with Crippen molar-refractivity contribution in [2.75, 3.05) is 26.7 Å². The molecule has 0 aliphatic carbocycles. The number of rotatable bonds is 3. The molecule has 13 heavy (non-hydrogen) atoms. The maximum Gasteiger partial charge on any atom is 0.0556 e. The molecule has 1 heterocycles. The van der Waals surface area contributed by atoms with E-state index in [9.17, 15) is 0 Å². The lowest BCUT2D eigenvalue weighted by Crippen LogP contribution is -2.51. The van der Waals surface area contributed by atoms with E-state index in [2.05, 4.69) is 31.1 Å². The van der Waals surface area contributed by atoms with E-state index in [4.69, 9.17) is 5.11 Å². The molecule has 1 saturated heterocycles. The molecule has 0 radical (unpaired) electrons. The van der Waals surface area contributed by atoms with Gasteiger partial charge in [0.25, 0.3) is 0 Å². The molecule has 1 rings (SSSR count). The molecule has 0 spiro atoms. The Balaban J connectivity index is 2.37. The number of piperidine rings is 1. The van der Waals surface area contributed by atoms with Crippen molar-refractivity contribution in [3.63, 3.8) is 0 Å². The molecule has 2 N–H and O–H groups in total. The summed E-state index contributed by atoms with van der Waals surface area (Å²) in [6.45, 7) is 6.67. The first-order chi connectivity index (χ1) is 6.15. The zero-order valence-electron chi connectivity index (χ0n) is 8.95. The monoisotopic (exact) mass is 186 g/mol. The molecule has 78 valence electrons. The van der Waals surface area contributed by atoms with Crippen molar-refractivity contribution < 1.29 is 5.11 Å². The van der Waals surface area contributed by atoms with E-state index in [0.29, 0.717) is 18.0 Å². The Morgan fingerprint density at radius 2 is 2.15 bits per heavy atom. The first kappa shape index (κ1) is 11.0. The summed E-state index contributed by atoms with van der Waals surface area (Å²) < 4.78 is 0. The lowest BCUT2D eigenvalue weighted by Gasteiger charge is -2.40. The maximum atomic E-state index is 8.73. The highest BCUT2D eigenvalue weighted by Gasteiger charge is 2.27. The Morgan fingerprint density at radius 1 is 1.46 bits per heavy atom. The number of hydrogen-bond donors (Lipinski definition) is 2. The summed E-state index contributed by atoms with van der Waals surface area (Å²) in [5, 5.41) is 12.1. The van der Waals surface area contributed by atoms with Crippen LogP contribution in [0.15, 0.2) is 0 Å². The number of aliphatic hydroxyl groups excluding tert-OH is 1. The van der Waals surface area contributed by atoms with Gasteiger partial charge in [0.2, 0.25) is 0 Å². The lowest BCUT2D eigenvalue weighted by atomic mass is 9.90. The third-order valence-corrected chi connectivity index (χ3v) is 3.13. The zero-order valence-corrected chi connectivity index (χ0v) is 8.95. The topological polar surface area (TPSA) is 35.5 Å². The van der Waals surface area contributed by atoms with Gasteiger partial charge in [-0.2, -0.15) is 0 Å². The van der Waals surface area contributed by atoms with Gasteiger partial charge in [0.05, 0.1) is 6.61 Å². The molecule has 0 aromatic carbocycles. The fraction of sp³-hybridized carbons (Fsp3) is 1.00. The van der Waals surface area contributed by atoms with Crippen molar-refractivity contribution in [1.29, 1.82) is 0 Å². The highest BCUT2D eigenvalue weighted by molar-refractivity contribution is 4.85. The molecular weight excluding hydrogens is 164 g/mol. The molecule has 3 heteroatoms. The van der Waals surface area contributed by atoms with E-state index in [1.807, 2.05) is 0 Å². The van der Waals surface area contributed by atoms with E-state index >= 15 is 0 Å². The van der Waals surface area contributed by atoms with Crippen LogP contribution in [0.25, 0.3) is 0 Å². The highest BCUT2D eigenvalue weighted by Crippen LogP contribution is 2.20. The van der Waals surface area contributed by atoms with Crippen LogP contribution < -0.4 is 5.32 Å². The molecule has 0 saturated carbocycles. The molecule has 0 amide bonds. The molecule has 0 aromatic rings. The van der Waals surface area contributed by atoms with E-state index in [0.717, 1.165) is 13.1 Å². The second-order valence-electron chi connectivity index (χ2n) is 4.29. The molecule has 1 fully saturated rings. The Hall–Kier alpha value is -0.120. The molecule has 3 nitrogen and oxygen atoms in total. The molecule has 0 aromatic heterocycles. The average Bonchev–Trinajstić information content (AvgIpc) is 2.09. The van der Waals surface area contributed by atoms with Gasteiger partial charge < -0.3 is 15.3 Å². The van der Waals surface area contributed by atoms with Gasteiger partial charge in [-0.1, -0.05) is 6.92 Å². The van der Waals surface area contributed by atoms with Crippen LogP contribution in [0.1, 0.15) is 20.3 Å². The largest absolute Gasteiger partial charge is 0.395 e. The van der Waals surface area contributed by atoms with Gasteiger partial charge in [-0.05, 0) is 26.3 Å². The fourth-order valence-electron chi connectivity index (χ4n) is 2.08. The lowest BCUT2D eigenvalue weighted by molar-refractivity contribution is 0.118. The number of hydrogen-bond acceptors (Lipinski definition) is 3. The van der Waals surface area contributed by atoms with Gasteiger partial charge >= 0.3 is 0 Å². The van der Waals surface area contributed by atoms with Gasteiger partial charge in [-0.15, -0.1) is 0 Å². The predicted molar refractivity (Wildman–Crippen MR) is 54.7 cm³/mol. The molecular formula is C10H22N2O. The van der Waals surface area contributed by atoms with Crippen LogP contribution in [0.2, 0.25) is 0 Å². The summed E-state index contributed by atoms with van der Waals surface area (Å²) in [5.41, 5.74) is 0. The van der Waals surface area contributed by atoms with Crippen LogP contribution in [0.3, 0.4) is 0 Å². The van der Waals surface area contributed by atoms with Crippen LogP contribution in [0, 0.1) is 5.92 Å². The van der Waals surface area contributed by atoms with Gasteiger partial charge in [-0.25, -0.2) is 0 Å². The van der Waals surface area contributed by atoms with E-state index in [1.165, 1.54) is 6.42 Å². The summed E-state index contributed by atoms with van der Waals surface area (Å²) in [7, 11) is 2.18. The van der Waals surface area contributed by atoms with Crippen LogP contribution in [0.4, 0.5) is 0 Å². The maximum absolute atomic E-state index is 8.73. The van der Waals surface area contributed by atoms with Gasteiger partial charge in [0.1, 0.15) is 0 Å². The third-order valence-electron chi connectivity index (χ3n) is 3.13. The molecule has 0 bridgehead atoms. The SMILES string of the molecule is CC1CN(C)C(C)CC1NCCO. The smallest absolute Gasteiger partial charge is 0.0556 e. The van der Waals surface area contributed by atoms with Gasteiger partial charge in [0, 0.05) is 25.2 Å². The standard InChI is InChI=1S/C10H22N2O/c1-8-7-12(3)9(2)6-10(8)11-4-5-13/h8-11,13H,4-7H2,1-3H3. The Morgan fingerprint density at radius 3 is 2.77 bits per heavy atom. The second kappa shape index (κ2) is 4.94. The number of nitrogens with one attached hydrogen (secondary N) is 1. The normalized spacial score (nSPS) is 36.5. The van der Waals surface area contributed by atoms with Crippen molar-refractivity contribution >= 4 is 0 Å². The molecule has 3 unspecified atom stereocenters. The first-order valence-corrected chi connectivity index (χ1v) is 5.19. The third kappa shape index (κ3) is 2.93. The van der Waals surface area contributed by atoms with Crippen molar-refractivity contribution in [1.82, 2.24) is 10.2 Å². The van der Waals surface area contributed by atoms with Crippen LogP contribution >= 0.6 is 0 Å². The fourth-order valence-corrected chi connectivity index (χ4v) is 2.08. The van der Waals surface area contributed by atoms with Crippen LogP contribution in [-0.4, -0.2) is 48.8 Å². The van der Waals surface area contributed by atoms with E-state index in [-0.39, 0.29) is 6.61 Å². The zero-order chi connectivity index (χ0) is 9.84. The molecule has 3 atom stereocenters. The predicted octanol–water partition coefficient (Wildman–Crippen LogP) is 0.297. The Kier molecular flexibility index (Phi) is 4.16. The Bertz CT molecular complexity index is 152. The summed E-state index contributed by atoms with van der Waals surface area (Å²) in [6, 6.07) is 1.24. The molecule has 1 aliphatic heterocycles. The second-order valence-corrected chi connectivity index (χ2v) is 4.29. The van der Waals surface area contributed by atoms with Crippen molar-refractivity contribution in [3.8, 4) is 0 Å². The summed E-state index contributed by atoms with van der Waals surface area (Å²) >= 11 is 0. The van der Waals surface area contributed by atoms with Crippen molar-refractivity contribution in [2.45, 2.75) is 32.4 Å². The van der Waals surface area contributed by atoms with E-state index < -0.39 is 0 Å². The van der Waals surface area contributed by atoms with Crippen LogP contribution in [-0.2, 0) is 0 Å². The average molecular weight is 186 g/mol. The summed E-state index contributed by atoms with van der Waals surface area (Å²) in [6.07, 6.45) is 1.19. The summed E-state index contributed by atoms with van der Waals surface area (Å²) in [4.78, 5) is 2.40. The minimum Gasteiger partial charge on any atom is -0.395 e. The number of aliphatic hydroxyl groups is 1. The Labute approximate surface area is 81.1 Å². The number of likely N-dealkylation sites (tertiary alicyclic amines) is 1. The van der Waals surface area contributed by atoms with Gasteiger partial charge in [0.15, 0.2) is 0 Å². The van der Waals surface area contributed by atoms with Crippen LogP contribution in [0.5, 0.6) is 0 Å². The van der Waals surface area contributed by atoms with Crippen molar-refractivity contribution in [2.24, 2.45) is 5.92 Å². The minimum atomic E-state index is 0.243. The van der Waals surface area contributed by atoms with Crippen molar-refractivity contribution in [3.05, 3.63) is 0 Å². The van der Waals surface area contributed by atoms with E-state index in [1.54, 1.807) is 0 Å². The quantitative estimate of drug-likeness (QED) is 0.665.